The van der Waals surface area contributed by atoms with Crippen molar-refractivity contribution in [1.29, 1.82) is 0 Å². The molecule has 9 nitrogen and oxygen atoms in total. The molecule has 6 rings (SSSR count). The molecular weight excluding hydrogens is 642 g/mol. The van der Waals surface area contributed by atoms with Crippen molar-refractivity contribution in [1.82, 2.24) is 4.72 Å². The largest absolute Gasteiger partial charge is 0.462 e. The molecular formula is C39H63NO8S. The number of carbonyl (C=O) groups excluding carboxylic acids is 3. The van der Waals surface area contributed by atoms with Crippen molar-refractivity contribution in [3.63, 3.8) is 0 Å². The summed E-state index contributed by atoms with van der Waals surface area (Å²) in [7, 11) is 0. The Kier molecular flexibility index (Phi) is 10.4. The Morgan fingerprint density at radius 1 is 0.980 bits per heavy atom. The summed E-state index contributed by atoms with van der Waals surface area (Å²) in [6.07, 6.45) is 8.66. The highest BCUT2D eigenvalue weighted by Crippen LogP contribution is 2.69. The zero-order chi connectivity index (χ0) is 35.7. The highest BCUT2D eigenvalue weighted by atomic mass is 32.2. The first kappa shape index (κ1) is 37.4. The molecule has 1 amide bonds. The fourth-order valence-corrected chi connectivity index (χ4v) is 13.3. The summed E-state index contributed by atoms with van der Waals surface area (Å²) in [4.78, 5) is 38.3. The van der Waals surface area contributed by atoms with Gasteiger partial charge in [-0.25, -0.2) is 4.21 Å². The molecule has 15 atom stereocenters. The lowest BCUT2D eigenvalue weighted by Gasteiger charge is -2.63. The predicted molar refractivity (Wildman–Crippen MR) is 187 cm³/mol. The number of nitrogens with one attached hydrogen (secondary N) is 1. The van der Waals surface area contributed by atoms with Crippen LogP contribution >= 0.6 is 0 Å². The van der Waals surface area contributed by atoms with E-state index in [1.54, 1.807) is 0 Å². The molecule has 49 heavy (non-hydrogen) atoms. The summed E-state index contributed by atoms with van der Waals surface area (Å²) < 4.78 is 26.8. The predicted octanol–water partition coefficient (Wildman–Crippen LogP) is 6.07. The number of rotatable bonds is 11. The van der Waals surface area contributed by atoms with Crippen molar-refractivity contribution in [2.24, 2.45) is 69.0 Å². The summed E-state index contributed by atoms with van der Waals surface area (Å²) in [6.45, 7) is 14.9. The zero-order valence-electron chi connectivity index (χ0n) is 31.0. The topological polar surface area (TPSA) is 139 Å². The first-order chi connectivity index (χ1) is 23.0. The lowest BCUT2D eigenvalue weighted by atomic mass is 9.43. The number of aliphatic hydroxyl groups is 2. The molecule has 0 saturated heterocycles. The monoisotopic (exact) mass is 705 g/mol. The van der Waals surface area contributed by atoms with Crippen LogP contribution in [0.2, 0.25) is 0 Å². The molecule has 0 aliphatic heterocycles. The molecule has 0 aromatic rings. The lowest BCUT2D eigenvalue weighted by molar-refractivity contribution is -0.210. The van der Waals surface area contributed by atoms with Crippen LogP contribution in [-0.2, 0) is 34.6 Å². The van der Waals surface area contributed by atoms with E-state index in [0.717, 1.165) is 51.4 Å². The summed E-state index contributed by atoms with van der Waals surface area (Å²) in [6, 6.07) is 0. The Hall–Kier alpha value is -1.36. The highest BCUT2D eigenvalue weighted by Gasteiger charge is 2.66. The number of aliphatic hydroxyl groups excluding tert-OH is 2. The first-order valence-corrected chi connectivity index (χ1v) is 20.5. The Labute approximate surface area is 296 Å². The molecule has 6 aliphatic carbocycles. The maximum absolute atomic E-state index is 12.9. The number of amides is 1. The number of carbonyl (C=O) groups is 3. The fourth-order valence-electron chi connectivity index (χ4n) is 12.7. The van der Waals surface area contributed by atoms with Crippen molar-refractivity contribution in [3.8, 4) is 0 Å². The summed E-state index contributed by atoms with van der Waals surface area (Å²) in [5.41, 5.74) is -1.17. The molecule has 0 aromatic heterocycles. The van der Waals surface area contributed by atoms with E-state index < -0.39 is 28.9 Å². The smallest absolute Gasteiger partial charge is 0.308 e. The maximum Gasteiger partial charge on any atom is 0.308 e. The van der Waals surface area contributed by atoms with Gasteiger partial charge in [0.15, 0.2) is 0 Å². The second kappa shape index (κ2) is 13.6. The SMILES string of the molecule is CCC(C)C(=O)OC1CC[C@@]2(C)C(C1)CC(O)C1C2CC(O)[C@]2(C)C(C(C)CCC(=O)NS(=O)OCC34CCC(CC3=O)C4(C)C)CCC12. The van der Waals surface area contributed by atoms with Gasteiger partial charge in [0.1, 0.15) is 11.9 Å². The molecule has 2 bridgehead atoms. The molecule has 0 radical (unpaired) electrons. The number of fused-ring (bicyclic) bond motifs is 7. The average Bonchev–Trinajstić information content (AvgIpc) is 3.60. The third-order valence-corrected chi connectivity index (χ3v) is 17.1. The van der Waals surface area contributed by atoms with Crippen LogP contribution in [-0.4, -0.2) is 57.0 Å². The van der Waals surface area contributed by atoms with Crippen molar-refractivity contribution >= 4 is 28.9 Å². The quantitative estimate of drug-likeness (QED) is 0.220. The van der Waals surface area contributed by atoms with E-state index in [0.29, 0.717) is 31.6 Å². The number of Topliss-reactive ketones (excluding diaryl/α,β-unsaturated/α-hetero) is 1. The summed E-state index contributed by atoms with van der Waals surface area (Å²) in [5, 5.41) is 23.8. The van der Waals surface area contributed by atoms with E-state index in [9.17, 15) is 28.8 Å². The number of ketones is 1. The second-order valence-corrected chi connectivity index (χ2v) is 19.4. The van der Waals surface area contributed by atoms with Gasteiger partial charge in [-0.2, -0.15) is 0 Å². The van der Waals surface area contributed by atoms with Crippen LogP contribution < -0.4 is 4.72 Å². The van der Waals surface area contributed by atoms with Crippen LogP contribution in [0.1, 0.15) is 132 Å². The molecule has 6 fully saturated rings. The van der Waals surface area contributed by atoms with Gasteiger partial charge in [0.25, 0.3) is 11.3 Å². The van der Waals surface area contributed by atoms with Crippen LogP contribution in [0.15, 0.2) is 0 Å². The fraction of sp³-hybridized carbons (Fsp3) is 0.923. The molecule has 278 valence electrons. The zero-order valence-corrected chi connectivity index (χ0v) is 31.8. The Bertz CT molecular complexity index is 1320. The van der Waals surface area contributed by atoms with Crippen molar-refractivity contribution in [2.75, 3.05) is 6.61 Å². The van der Waals surface area contributed by atoms with Gasteiger partial charge in [0.2, 0.25) is 5.91 Å². The van der Waals surface area contributed by atoms with Crippen molar-refractivity contribution in [3.05, 3.63) is 0 Å². The molecule has 0 heterocycles. The van der Waals surface area contributed by atoms with Gasteiger partial charge in [0.05, 0.1) is 30.1 Å². The van der Waals surface area contributed by atoms with E-state index in [4.69, 9.17) is 8.92 Å². The van der Waals surface area contributed by atoms with Gasteiger partial charge >= 0.3 is 5.97 Å². The Balaban J connectivity index is 1.04. The van der Waals surface area contributed by atoms with Crippen molar-refractivity contribution < 1.29 is 37.7 Å². The molecule has 10 heteroatoms. The maximum atomic E-state index is 12.9. The highest BCUT2D eigenvalue weighted by molar-refractivity contribution is 7.78. The van der Waals surface area contributed by atoms with Crippen LogP contribution in [0.4, 0.5) is 0 Å². The van der Waals surface area contributed by atoms with Crippen LogP contribution in [0.25, 0.3) is 0 Å². The van der Waals surface area contributed by atoms with Gasteiger partial charge in [0, 0.05) is 12.8 Å². The number of hydrogen-bond donors (Lipinski definition) is 3. The van der Waals surface area contributed by atoms with E-state index in [1.165, 1.54) is 0 Å². The Morgan fingerprint density at radius 3 is 2.37 bits per heavy atom. The summed E-state index contributed by atoms with van der Waals surface area (Å²) >= 11 is -2.01. The lowest BCUT2D eigenvalue weighted by Crippen LogP contribution is -2.62. The second-order valence-electron chi connectivity index (χ2n) is 18.4. The minimum absolute atomic E-state index is 0.00903. The minimum atomic E-state index is -2.01. The average molecular weight is 706 g/mol. The minimum Gasteiger partial charge on any atom is -0.462 e. The van der Waals surface area contributed by atoms with Crippen LogP contribution in [0.5, 0.6) is 0 Å². The van der Waals surface area contributed by atoms with Gasteiger partial charge < -0.3 is 14.9 Å². The number of ether oxygens (including phenoxy) is 1. The van der Waals surface area contributed by atoms with E-state index >= 15 is 0 Å². The van der Waals surface area contributed by atoms with Crippen molar-refractivity contribution in [2.45, 2.75) is 150 Å². The normalized spacial score (nSPS) is 45.5. The van der Waals surface area contributed by atoms with Gasteiger partial charge in [-0.05, 0) is 128 Å². The number of esters is 1. The van der Waals surface area contributed by atoms with E-state index in [1.807, 2.05) is 13.8 Å². The molecule has 6 saturated carbocycles. The van der Waals surface area contributed by atoms with E-state index in [-0.39, 0.29) is 94.5 Å². The van der Waals surface area contributed by atoms with Gasteiger partial charge in [-0.15, -0.1) is 0 Å². The summed E-state index contributed by atoms with van der Waals surface area (Å²) in [5.74, 6) is 1.14. The number of hydrogen-bond acceptors (Lipinski definition) is 8. The third kappa shape index (κ3) is 6.08. The van der Waals surface area contributed by atoms with Crippen LogP contribution in [0.3, 0.4) is 0 Å². The molecule has 0 aromatic carbocycles. The van der Waals surface area contributed by atoms with E-state index in [2.05, 4.69) is 39.3 Å². The molecule has 0 spiro atoms. The molecule has 13 unspecified atom stereocenters. The molecule has 3 N–H and O–H groups in total. The standard InChI is InChI=1S/C39H63NO8S/c1-8-22(2)35(45)48-26-14-15-37(6)25(17-26)18-30(41)34-28-11-10-27(38(28,7)31(42)20-29(34)37)23(3)9-12-33(44)40-49(46)47-21-39-16-13-24(19-32(39)43)36(39,4)5/h22-31,34,41-42H,8-21H2,1-7H3,(H,40,44)/t22?,23?,24?,25?,26?,27?,28?,29?,30?,31?,34?,37-,38+,39?,49?/m0/s1. The molecule has 6 aliphatic rings. The first-order valence-electron chi connectivity index (χ1n) is 19.4. The van der Waals surface area contributed by atoms with Gasteiger partial charge in [-0.3, -0.25) is 23.3 Å². The Morgan fingerprint density at radius 2 is 1.71 bits per heavy atom. The third-order valence-electron chi connectivity index (χ3n) is 16.4. The van der Waals surface area contributed by atoms with Gasteiger partial charge in [-0.1, -0.05) is 48.5 Å². The van der Waals surface area contributed by atoms with Crippen LogP contribution in [0, 0.1) is 69.0 Å².